The number of rotatable bonds is 10. The Labute approximate surface area is 112 Å². The quantitative estimate of drug-likeness (QED) is 0.650. The molecular weight excluding hydrogens is 252 g/mol. The Morgan fingerprint density at radius 1 is 1.17 bits per heavy atom. The Morgan fingerprint density at radius 3 is 2.67 bits per heavy atom. The topological polar surface area (TPSA) is 52.6 Å². The molecule has 1 aromatic heterocycles. The Bertz CT molecular complexity index is 308. The lowest BCUT2D eigenvalue weighted by molar-refractivity contribution is 0.0722. The van der Waals surface area contributed by atoms with E-state index in [4.69, 9.17) is 14.2 Å². The van der Waals surface area contributed by atoms with Gasteiger partial charge in [-0.25, -0.2) is 4.98 Å². The van der Waals surface area contributed by atoms with Crippen LogP contribution in [0.4, 0.5) is 0 Å². The van der Waals surface area contributed by atoms with Gasteiger partial charge in [-0.1, -0.05) is 0 Å². The molecule has 6 heteroatoms. The van der Waals surface area contributed by atoms with Gasteiger partial charge in [-0.3, -0.25) is 0 Å². The van der Waals surface area contributed by atoms with Crippen LogP contribution in [0.3, 0.4) is 0 Å². The Morgan fingerprint density at radius 2 is 2.00 bits per heavy atom. The minimum absolute atomic E-state index is 0.568. The monoisotopic (exact) mass is 274 g/mol. The second-order valence-corrected chi connectivity index (χ2v) is 4.96. The second kappa shape index (κ2) is 9.41. The van der Waals surface area contributed by atoms with E-state index in [1.807, 2.05) is 7.05 Å². The minimum Gasteiger partial charge on any atom is -0.382 e. The fourth-order valence-electron chi connectivity index (χ4n) is 1.50. The molecule has 0 aliphatic rings. The van der Waals surface area contributed by atoms with Crippen molar-refractivity contribution in [1.29, 1.82) is 0 Å². The van der Waals surface area contributed by atoms with Crippen molar-refractivity contribution in [3.05, 3.63) is 15.6 Å². The molecule has 0 amide bonds. The molecule has 1 heterocycles. The molecule has 0 spiro atoms. The predicted molar refractivity (Wildman–Crippen MR) is 72.0 cm³/mol. The zero-order chi connectivity index (χ0) is 13.2. The smallest absolute Gasteiger partial charge is 0.0955 e. The van der Waals surface area contributed by atoms with Gasteiger partial charge in [0.25, 0.3) is 0 Å². The van der Waals surface area contributed by atoms with E-state index in [2.05, 4.69) is 10.3 Å². The van der Waals surface area contributed by atoms with Crippen LogP contribution in [0.2, 0.25) is 0 Å². The van der Waals surface area contributed by atoms with Crippen LogP contribution in [-0.2, 0) is 33.8 Å². The highest BCUT2D eigenvalue weighted by molar-refractivity contribution is 7.11. The van der Waals surface area contributed by atoms with Crippen LogP contribution < -0.4 is 5.32 Å². The summed E-state index contributed by atoms with van der Waals surface area (Å²) in [6.07, 6.45) is 0.842. The summed E-state index contributed by atoms with van der Waals surface area (Å²) in [5.74, 6) is 0. The summed E-state index contributed by atoms with van der Waals surface area (Å²) in [6.45, 7) is 3.36. The molecule has 1 rings (SSSR count). The van der Waals surface area contributed by atoms with Crippen LogP contribution >= 0.6 is 11.3 Å². The van der Waals surface area contributed by atoms with Crippen LogP contribution in [-0.4, -0.2) is 46.1 Å². The van der Waals surface area contributed by atoms with Gasteiger partial charge in [0.2, 0.25) is 0 Å². The summed E-state index contributed by atoms with van der Waals surface area (Å²) >= 11 is 1.72. The maximum atomic E-state index is 5.44. The van der Waals surface area contributed by atoms with E-state index in [9.17, 15) is 0 Å². The van der Waals surface area contributed by atoms with Crippen molar-refractivity contribution in [3.63, 3.8) is 0 Å². The summed E-state index contributed by atoms with van der Waals surface area (Å²) in [6, 6.07) is 0. The number of hydrogen-bond acceptors (Lipinski definition) is 6. The lowest BCUT2D eigenvalue weighted by Gasteiger charge is -2.00. The number of thiazole rings is 1. The molecule has 0 saturated carbocycles. The molecule has 0 radical (unpaired) electrons. The van der Waals surface area contributed by atoms with E-state index in [-0.39, 0.29) is 0 Å². The van der Waals surface area contributed by atoms with E-state index >= 15 is 0 Å². The van der Waals surface area contributed by atoms with E-state index in [1.54, 1.807) is 25.6 Å². The first kappa shape index (κ1) is 15.5. The number of ether oxygens (including phenoxy) is 3. The summed E-state index contributed by atoms with van der Waals surface area (Å²) < 4.78 is 15.5. The predicted octanol–water partition coefficient (Wildman–Crippen LogP) is 1.21. The number of methoxy groups -OCH3 is 2. The van der Waals surface area contributed by atoms with Gasteiger partial charge in [-0.05, 0) is 7.05 Å². The lowest BCUT2D eigenvalue weighted by atomic mass is 10.3. The normalized spacial score (nSPS) is 11.1. The average Bonchev–Trinajstić information content (AvgIpc) is 2.73. The second-order valence-electron chi connectivity index (χ2n) is 3.80. The van der Waals surface area contributed by atoms with E-state index in [0.717, 1.165) is 23.7 Å². The fraction of sp³-hybridized carbons (Fsp3) is 0.750. The van der Waals surface area contributed by atoms with Crippen molar-refractivity contribution in [2.45, 2.75) is 19.6 Å². The highest BCUT2D eigenvalue weighted by Crippen LogP contribution is 2.19. The van der Waals surface area contributed by atoms with Gasteiger partial charge < -0.3 is 19.5 Å². The molecule has 1 N–H and O–H groups in total. The highest BCUT2D eigenvalue weighted by atomic mass is 32.1. The van der Waals surface area contributed by atoms with Crippen LogP contribution in [0.25, 0.3) is 0 Å². The molecular formula is C12H22N2O3S. The van der Waals surface area contributed by atoms with Gasteiger partial charge in [0.05, 0.1) is 37.1 Å². The molecule has 0 saturated heterocycles. The van der Waals surface area contributed by atoms with Gasteiger partial charge in [0.15, 0.2) is 0 Å². The zero-order valence-electron chi connectivity index (χ0n) is 11.3. The SMILES string of the molecule is CNCc1sc(CCOCCOC)nc1COC. The summed E-state index contributed by atoms with van der Waals surface area (Å²) in [5, 5.41) is 4.25. The Kier molecular flexibility index (Phi) is 8.11. The van der Waals surface area contributed by atoms with Gasteiger partial charge >= 0.3 is 0 Å². The lowest BCUT2D eigenvalue weighted by Crippen LogP contribution is -2.06. The highest BCUT2D eigenvalue weighted by Gasteiger charge is 2.10. The maximum Gasteiger partial charge on any atom is 0.0955 e. The molecule has 0 aromatic carbocycles. The first-order chi connectivity index (χ1) is 8.81. The molecule has 0 fully saturated rings. The number of nitrogens with one attached hydrogen (secondary N) is 1. The molecule has 0 unspecified atom stereocenters. The van der Waals surface area contributed by atoms with Crippen LogP contribution in [0.5, 0.6) is 0 Å². The largest absolute Gasteiger partial charge is 0.382 e. The van der Waals surface area contributed by atoms with Gasteiger partial charge in [-0.2, -0.15) is 0 Å². The van der Waals surface area contributed by atoms with Crippen molar-refractivity contribution in [2.24, 2.45) is 0 Å². The van der Waals surface area contributed by atoms with Gasteiger partial charge in [0, 0.05) is 32.1 Å². The third kappa shape index (κ3) is 5.41. The fourth-order valence-corrected chi connectivity index (χ4v) is 2.56. The Hall–Kier alpha value is -0.530. The van der Waals surface area contributed by atoms with Crippen molar-refractivity contribution in [1.82, 2.24) is 10.3 Å². The molecule has 104 valence electrons. The first-order valence-electron chi connectivity index (χ1n) is 5.99. The Balaban J connectivity index is 2.42. The van der Waals surface area contributed by atoms with Crippen molar-refractivity contribution in [3.8, 4) is 0 Å². The molecule has 0 aliphatic carbocycles. The standard InChI is InChI=1S/C12H22N2O3S/c1-13-8-11-10(9-16-3)14-12(18-11)4-5-17-7-6-15-2/h13H,4-9H2,1-3H3. The van der Waals surface area contributed by atoms with E-state index in [1.165, 1.54) is 4.88 Å². The third-order valence-corrected chi connectivity index (χ3v) is 3.49. The summed E-state index contributed by atoms with van der Waals surface area (Å²) in [5.41, 5.74) is 1.03. The summed E-state index contributed by atoms with van der Waals surface area (Å²) in [7, 11) is 5.30. The van der Waals surface area contributed by atoms with Crippen LogP contribution in [0.1, 0.15) is 15.6 Å². The van der Waals surface area contributed by atoms with E-state index in [0.29, 0.717) is 26.4 Å². The third-order valence-electron chi connectivity index (χ3n) is 2.33. The number of nitrogens with zero attached hydrogens (tertiary/aromatic N) is 1. The number of aromatic nitrogens is 1. The maximum absolute atomic E-state index is 5.44. The number of hydrogen-bond donors (Lipinski definition) is 1. The minimum atomic E-state index is 0.568. The molecule has 5 nitrogen and oxygen atoms in total. The van der Waals surface area contributed by atoms with Crippen LogP contribution in [0, 0.1) is 0 Å². The van der Waals surface area contributed by atoms with Crippen molar-refractivity contribution < 1.29 is 14.2 Å². The van der Waals surface area contributed by atoms with E-state index < -0.39 is 0 Å². The first-order valence-corrected chi connectivity index (χ1v) is 6.81. The van der Waals surface area contributed by atoms with Crippen LogP contribution in [0.15, 0.2) is 0 Å². The van der Waals surface area contributed by atoms with Crippen molar-refractivity contribution in [2.75, 3.05) is 41.1 Å². The molecule has 0 atom stereocenters. The molecule has 0 bridgehead atoms. The van der Waals surface area contributed by atoms with Gasteiger partial charge in [0.1, 0.15) is 0 Å². The van der Waals surface area contributed by atoms with Crippen molar-refractivity contribution >= 4 is 11.3 Å². The molecule has 18 heavy (non-hydrogen) atoms. The summed E-state index contributed by atoms with van der Waals surface area (Å²) in [4.78, 5) is 5.82. The zero-order valence-corrected chi connectivity index (χ0v) is 12.1. The molecule has 0 aliphatic heterocycles. The van der Waals surface area contributed by atoms with Gasteiger partial charge in [-0.15, -0.1) is 11.3 Å². The average molecular weight is 274 g/mol. The molecule has 1 aromatic rings.